The Bertz CT molecular complexity index is 533. The van der Waals surface area contributed by atoms with E-state index in [1.165, 1.54) is 11.3 Å². The van der Waals surface area contributed by atoms with Crippen LogP contribution in [0.15, 0.2) is 24.5 Å². The van der Waals surface area contributed by atoms with Crippen LogP contribution in [0, 0.1) is 12.8 Å². The summed E-state index contributed by atoms with van der Waals surface area (Å²) < 4.78 is 2.13. The van der Waals surface area contributed by atoms with Gasteiger partial charge in [-0.3, -0.25) is 0 Å². The van der Waals surface area contributed by atoms with Crippen molar-refractivity contribution in [3.05, 3.63) is 35.8 Å². The molecule has 0 aliphatic carbocycles. The van der Waals surface area contributed by atoms with Crippen molar-refractivity contribution in [2.45, 2.75) is 39.8 Å². The molecule has 2 aromatic rings. The molecule has 2 unspecified atom stereocenters. The summed E-state index contributed by atoms with van der Waals surface area (Å²) >= 11 is 0. The number of fused-ring (bicyclic) bond motifs is 1. The molecule has 0 aliphatic heterocycles. The lowest BCUT2D eigenvalue weighted by atomic mass is 10.0. The summed E-state index contributed by atoms with van der Waals surface area (Å²) in [5.41, 5.74) is 3.39. The maximum atomic E-state index is 9.34. The Morgan fingerprint density at radius 1 is 1.37 bits per heavy atom. The first-order chi connectivity index (χ1) is 9.06. The lowest BCUT2D eigenvalue weighted by Gasteiger charge is -2.14. The predicted octanol–water partition coefficient (Wildman–Crippen LogP) is 2.14. The number of aryl methyl sites for hydroxylation is 1. The SMILES string of the molecule is Cc1ccc2ncc(CNCC(C)CC(C)O)n2c1. The Labute approximate surface area is 114 Å². The van der Waals surface area contributed by atoms with Crippen LogP contribution in [-0.2, 0) is 6.54 Å². The van der Waals surface area contributed by atoms with Crippen molar-refractivity contribution in [1.82, 2.24) is 14.7 Å². The van der Waals surface area contributed by atoms with Gasteiger partial charge in [0.25, 0.3) is 0 Å². The van der Waals surface area contributed by atoms with Crippen molar-refractivity contribution >= 4 is 5.65 Å². The van der Waals surface area contributed by atoms with Gasteiger partial charge in [0.05, 0.1) is 18.0 Å². The molecule has 0 saturated carbocycles. The van der Waals surface area contributed by atoms with E-state index in [4.69, 9.17) is 0 Å². The van der Waals surface area contributed by atoms with Gasteiger partial charge in [0, 0.05) is 12.7 Å². The van der Waals surface area contributed by atoms with Crippen LogP contribution in [0.2, 0.25) is 0 Å². The molecule has 2 N–H and O–H groups in total. The second-order valence-corrected chi connectivity index (χ2v) is 5.50. The second kappa shape index (κ2) is 6.17. The van der Waals surface area contributed by atoms with E-state index < -0.39 is 0 Å². The Kier molecular flexibility index (Phi) is 4.56. The minimum atomic E-state index is -0.227. The fraction of sp³-hybridized carbons (Fsp3) is 0.533. The standard InChI is InChI=1S/C15H23N3O/c1-11-4-5-15-17-9-14(18(15)10-11)8-16-7-12(2)6-13(3)19/h4-5,9-10,12-13,16,19H,6-8H2,1-3H3. The first-order valence-electron chi connectivity index (χ1n) is 6.87. The van der Waals surface area contributed by atoms with Gasteiger partial charge in [-0.05, 0) is 44.4 Å². The van der Waals surface area contributed by atoms with Crippen molar-refractivity contribution in [3.8, 4) is 0 Å². The van der Waals surface area contributed by atoms with Crippen molar-refractivity contribution in [2.75, 3.05) is 6.54 Å². The first-order valence-corrected chi connectivity index (χ1v) is 6.87. The summed E-state index contributed by atoms with van der Waals surface area (Å²) in [5, 5.41) is 12.8. The molecule has 4 heteroatoms. The summed E-state index contributed by atoms with van der Waals surface area (Å²) in [5.74, 6) is 0.473. The van der Waals surface area contributed by atoms with Gasteiger partial charge < -0.3 is 14.8 Å². The number of hydrogen-bond donors (Lipinski definition) is 2. The molecule has 0 saturated heterocycles. The number of aliphatic hydroxyl groups excluding tert-OH is 1. The molecular formula is C15H23N3O. The van der Waals surface area contributed by atoms with E-state index >= 15 is 0 Å². The molecule has 4 nitrogen and oxygen atoms in total. The quantitative estimate of drug-likeness (QED) is 0.837. The molecule has 0 spiro atoms. The molecule has 2 heterocycles. The van der Waals surface area contributed by atoms with E-state index in [1.54, 1.807) is 0 Å². The van der Waals surface area contributed by atoms with Crippen LogP contribution >= 0.6 is 0 Å². The molecular weight excluding hydrogens is 238 g/mol. The van der Waals surface area contributed by atoms with Gasteiger partial charge in [0.1, 0.15) is 5.65 Å². The number of aromatic nitrogens is 2. The maximum Gasteiger partial charge on any atom is 0.136 e. The zero-order valence-electron chi connectivity index (χ0n) is 11.9. The van der Waals surface area contributed by atoms with Gasteiger partial charge in [-0.1, -0.05) is 13.0 Å². The van der Waals surface area contributed by atoms with Gasteiger partial charge in [-0.2, -0.15) is 0 Å². The highest BCUT2D eigenvalue weighted by molar-refractivity contribution is 5.41. The number of pyridine rings is 1. The Balaban J connectivity index is 1.93. The van der Waals surface area contributed by atoms with Crippen molar-refractivity contribution in [2.24, 2.45) is 5.92 Å². The van der Waals surface area contributed by atoms with E-state index in [9.17, 15) is 5.11 Å². The number of aliphatic hydroxyl groups is 1. The van der Waals surface area contributed by atoms with E-state index in [0.717, 1.165) is 25.2 Å². The minimum absolute atomic E-state index is 0.227. The maximum absolute atomic E-state index is 9.34. The number of imidazole rings is 1. The fourth-order valence-electron chi connectivity index (χ4n) is 2.38. The summed E-state index contributed by atoms with van der Waals surface area (Å²) in [6.07, 6.45) is 4.63. The van der Waals surface area contributed by atoms with Crippen LogP contribution in [0.5, 0.6) is 0 Å². The zero-order chi connectivity index (χ0) is 13.8. The molecule has 19 heavy (non-hydrogen) atoms. The highest BCUT2D eigenvalue weighted by atomic mass is 16.3. The molecule has 0 bridgehead atoms. The monoisotopic (exact) mass is 261 g/mol. The molecule has 2 rings (SSSR count). The second-order valence-electron chi connectivity index (χ2n) is 5.50. The van der Waals surface area contributed by atoms with Crippen LogP contribution in [0.25, 0.3) is 5.65 Å². The minimum Gasteiger partial charge on any atom is -0.393 e. The summed E-state index contributed by atoms with van der Waals surface area (Å²) in [7, 11) is 0. The van der Waals surface area contributed by atoms with E-state index in [-0.39, 0.29) is 6.10 Å². The highest BCUT2D eigenvalue weighted by Gasteiger charge is 2.07. The van der Waals surface area contributed by atoms with Crippen LogP contribution in [0.4, 0.5) is 0 Å². The molecule has 104 valence electrons. The number of nitrogens with one attached hydrogen (secondary N) is 1. The van der Waals surface area contributed by atoms with Gasteiger partial charge >= 0.3 is 0 Å². The van der Waals surface area contributed by atoms with Crippen molar-refractivity contribution in [1.29, 1.82) is 0 Å². The number of nitrogens with zero attached hydrogens (tertiary/aromatic N) is 2. The van der Waals surface area contributed by atoms with Gasteiger partial charge in [0.2, 0.25) is 0 Å². The highest BCUT2D eigenvalue weighted by Crippen LogP contribution is 2.09. The largest absolute Gasteiger partial charge is 0.393 e. The molecule has 0 aromatic carbocycles. The zero-order valence-corrected chi connectivity index (χ0v) is 11.9. The van der Waals surface area contributed by atoms with Gasteiger partial charge in [-0.15, -0.1) is 0 Å². The van der Waals surface area contributed by atoms with Gasteiger partial charge in [0.15, 0.2) is 0 Å². The Morgan fingerprint density at radius 2 is 2.16 bits per heavy atom. The molecule has 2 aromatic heterocycles. The summed E-state index contributed by atoms with van der Waals surface area (Å²) in [4.78, 5) is 4.39. The van der Waals surface area contributed by atoms with Crippen LogP contribution in [0.3, 0.4) is 0 Å². The summed E-state index contributed by atoms with van der Waals surface area (Å²) in [6, 6.07) is 4.11. The van der Waals surface area contributed by atoms with Crippen molar-refractivity contribution < 1.29 is 5.11 Å². The van der Waals surface area contributed by atoms with E-state index in [0.29, 0.717) is 5.92 Å². The van der Waals surface area contributed by atoms with Gasteiger partial charge in [-0.25, -0.2) is 4.98 Å². The smallest absolute Gasteiger partial charge is 0.136 e. The third-order valence-electron chi connectivity index (χ3n) is 3.27. The first kappa shape index (κ1) is 14.0. The molecule has 0 fully saturated rings. The average Bonchev–Trinajstić information content (AvgIpc) is 2.71. The third kappa shape index (κ3) is 3.78. The molecule has 0 amide bonds. The van der Waals surface area contributed by atoms with Crippen LogP contribution in [0.1, 0.15) is 31.5 Å². The van der Waals surface area contributed by atoms with E-state index in [2.05, 4.69) is 40.8 Å². The average molecular weight is 261 g/mol. The third-order valence-corrected chi connectivity index (χ3v) is 3.27. The normalized spacial score (nSPS) is 14.7. The number of rotatable bonds is 6. The number of hydrogen-bond acceptors (Lipinski definition) is 3. The van der Waals surface area contributed by atoms with Crippen molar-refractivity contribution in [3.63, 3.8) is 0 Å². The van der Waals surface area contributed by atoms with Crippen LogP contribution in [-0.4, -0.2) is 27.1 Å². The predicted molar refractivity (Wildman–Crippen MR) is 77.1 cm³/mol. The van der Waals surface area contributed by atoms with E-state index in [1.807, 2.05) is 19.2 Å². The summed E-state index contributed by atoms with van der Waals surface area (Å²) in [6.45, 7) is 7.78. The van der Waals surface area contributed by atoms with Crippen LogP contribution < -0.4 is 5.32 Å². The molecule has 0 aliphatic rings. The molecule has 2 atom stereocenters. The molecule has 0 radical (unpaired) electrons. The fourth-order valence-corrected chi connectivity index (χ4v) is 2.38. The lowest BCUT2D eigenvalue weighted by Crippen LogP contribution is -2.23. The Morgan fingerprint density at radius 3 is 2.89 bits per heavy atom. The topological polar surface area (TPSA) is 49.6 Å². The Hall–Kier alpha value is -1.39. The lowest BCUT2D eigenvalue weighted by molar-refractivity contribution is 0.163.